The third-order valence-electron chi connectivity index (χ3n) is 5.11. The van der Waals surface area contributed by atoms with E-state index >= 15 is 0 Å². The summed E-state index contributed by atoms with van der Waals surface area (Å²) in [5.74, 6) is 0.0991. The molecule has 2 aromatic carbocycles. The predicted octanol–water partition coefficient (Wildman–Crippen LogP) is 4.32. The summed E-state index contributed by atoms with van der Waals surface area (Å²) >= 11 is 12.2. The van der Waals surface area contributed by atoms with Crippen molar-refractivity contribution in [3.63, 3.8) is 0 Å². The highest BCUT2D eigenvalue weighted by atomic mass is 35.5. The molecular formula is C22H21Cl2FN4O2. The monoisotopic (exact) mass is 462 g/mol. The van der Waals surface area contributed by atoms with Gasteiger partial charge in [-0.25, -0.2) is 9.07 Å². The number of nitrogens with zero attached hydrogens (tertiary/aromatic N) is 4. The maximum absolute atomic E-state index is 13.0. The second-order valence-electron chi connectivity index (χ2n) is 7.27. The number of hydrogen-bond acceptors (Lipinski definition) is 4. The van der Waals surface area contributed by atoms with Crippen molar-refractivity contribution in [2.45, 2.75) is 13.3 Å². The molecule has 1 amide bonds. The van der Waals surface area contributed by atoms with Gasteiger partial charge in [0.15, 0.2) is 12.4 Å². The fourth-order valence-corrected chi connectivity index (χ4v) is 3.85. The van der Waals surface area contributed by atoms with Crippen LogP contribution in [0.5, 0.6) is 5.75 Å². The van der Waals surface area contributed by atoms with Gasteiger partial charge in [0.2, 0.25) is 0 Å². The highest BCUT2D eigenvalue weighted by Crippen LogP contribution is 2.23. The van der Waals surface area contributed by atoms with E-state index in [-0.39, 0.29) is 18.5 Å². The molecule has 0 unspecified atom stereocenters. The van der Waals surface area contributed by atoms with Gasteiger partial charge in [-0.05, 0) is 48.0 Å². The van der Waals surface area contributed by atoms with Gasteiger partial charge in [0.1, 0.15) is 11.6 Å². The van der Waals surface area contributed by atoms with Crippen LogP contribution in [-0.4, -0.2) is 51.7 Å². The van der Waals surface area contributed by atoms with Crippen LogP contribution in [0.1, 0.15) is 16.1 Å². The van der Waals surface area contributed by atoms with Crippen molar-refractivity contribution in [1.82, 2.24) is 19.6 Å². The standard InChI is InChI=1S/C22H21Cl2FN4O2/c23-17-2-1-16(20(24)13-17)14-27-9-11-28(12-10-27)22(30)21-7-8-29(26-21)15-31-19-5-3-18(25)4-6-19/h1-8,13H,9-12,14-15H2. The summed E-state index contributed by atoms with van der Waals surface area (Å²) in [6.07, 6.45) is 1.69. The minimum Gasteiger partial charge on any atom is -0.471 e. The number of amides is 1. The molecule has 0 bridgehead atoms. The third kappa shape index (κ3) is 5.55. The molecule has 0 radical (unpaired) electrons. The summed E-state index contributed by atoms with van der Waals surface area (Å²) in [5, 5.41) is 5.58. The number of rotatable bonds is 6. The zero-order chi connectivity index (χ0) is 21.8. The van der Waals surface area contributed by atoms with Crippen LogP contribution < -0.4 is 4.74 Å². The lowest BCUT2D eigenvalue weighted by Crippen LogP contribution is -2.48. The Morgan fingerprint density at radius 3 is 2.48 bits per heavy atom. The lowest BCUT2D eigenvalue weighted by Gasteiger charge is -2.34. The minimum absolute atomic E-state index is 0.107. The van der Waals surface area contributed by atoms with Crippen LogP contribution in [0.4, 0.5) is 4.39 Å². The van der Waals surface area contributed by atoms with Crippen LogP contribution in [0.15, 0.2) is 54.7 Å². The average molecular weight is 463 g/mol. The average Bonchev–Trinajstić information content (AvgIpc) is 3.24. The Labute approximate surface area is 189 Å². The van der Waals surface area contributed by atoms with Crippen molar-refractivity contribution in [2.75, 3.05) is 26.2 Å². The van der Waals surface area contributed by atoms with E-state index in [1.807, 2.05) is 12.1 Å². The third-order valence-corrected chi connectivity index (χ3v) is 5.69. The number of hydrogen-bond donors (Lipinski definition) is 0. The number of halogens is 3. The normalized spacial score (nSPS) is 14.6. The summed E-state index contributed by atoms with van der Waals surface area (Å²) in [6.45, 7) is 3.58. The van der Waals surface area contributed by atoms with E-state index in [0.29, 0.717) is 41.1 Å². The largest absolute Gasteiger partial charge is 0.471 e. The molecule has 6 nitrogen and oxygen atoms in total. The molecule has 1 aliphatic rings. The zero-order valence-corrected chi connectivity index (χ0v) is 18.2. The topological polar surface area (TPSA) is 50.6 Å². The maximum atomic E-state index is 13.0. The molecule has 162 valence electrons. The molecule has 9 heteroatoms. The molecule has 31 heavy (non-hydrogen) atoms. The molecule has 0 aliphatic carbocycles. The molecule has 0 spiro atoms. The number of piperazine rings is 1. The van der Waals surface area contributed by atoms with Crippen molar-refractivity contribution in [1.29, 1.82) is 0 Å². The summed E-state index contributed by atoms with van der Waals surface area (Å²) in [4.78, 5) is 16.9. The van der Waals surface area contributed by atoms with Crippen LogP contribution in [0.25, 0.3) is 0 Å². The number of carbonyl (C=O) groups is 1. The molecule has 1 saturated heterocycles. The van der Waals surface area contributed by atoms with Crippen molar-refractivity contribution in [3.8, 4) is 5.75 Å². The maximum Gasteiger partial charge on any atom is 0.274 e. The van der Waals surface area contributed by atoms with Crippen molar-refractivity contribution >= 4 is 29.1 Å². The molecule has 4 rings (SSSR count). The molecule has 1 aromatic heterocycles. The van der Waals surface area contributed by atoms with E-state index in [4.69, 9.17) is 27.9 Å². The summed E-state index contributed by atoms with van der Waals surface area (Å²) < 4.78 is 20.0. The van der Waals surface area contributed by atoms with Gasteiger partial charge in [0.05, 0.1) is 0 Å². The van der Waals surface area contributed by atoms with Gasteiger partial charge in [-0.1, -0.05) is 29.3 Å². The molecule has 1 aliphatic heterocycles. The fraction of sp³-hybridized carbons (Fsp3) is 0.273. The van der Waals surface area contributed by atoms with Crippen LogP contribution in [0, 0.1) is 5.82 Å². The Kier molecular flexibility index (Phi) is 6.75. The Morgan fingerprint density at radius 2 is 1.77 bits per heavy atom. The Balaban J connectivity index is 1.28. The first-order valence-corrected chi connectivity index (χ1v) is 10.6. The van der Waals surface area contributed by atoms with Gasteiger partial charge in [-0.15, -0.1) is 0 Å². The lowest BCUT2D eigenvalue weighted by molar-refractivity contribution is 0.0621. The van der Waals surface area contributed by atoms with Crippen LogP contribution >= 0.6 is 23.2 Å². The van der Waals surface area contributed by atoms with Gasteiger partial charge in [-0.3, -0.25) is 9.69 Å². The lowest BCUT2D eigenvalue weighted by atomic mass is 10.2. The van der Waals surface area contributed by atoms with Crippen LogP contribution in [0.2, 0.25) is 10.0 Å². The molecular weight excluding hydrogens is 442 g/mol. The van der Waals surface area contributed by atoms with Crippen molar-refractivity contribution in [3.05, 3.63) is 81.8 Å². The predicted molar refractivity (Wildman–Crippen MR) is 117 cm³/mol. The highest BCUT2D eigenvalue weighted by molar-refractivity contribution is 6.35. The van der Waals surface area contributed by atoms with E-state index < -0.39 is 0 Å². The molecule has 0 saturated carbocycles. The molecule has 3 aromatic rings. The molecule has 1 fully saturated rings. The van der Waals surface area contributed by atoms with Gasteiger partial charge in [0.25, 0.3) is 5.91 Å². The van der Waals surface area contributed by atoms with E-state index in [2.05, 4.69) is 10.00 Å². The van der Waals surface area contributed by atoms with Crippen molar-refractivity contribution in [2.24, 2.45) is 0 Å². The number of carbonyl (C=O) groups excluding carboxylic acids is 1. The number of benzene rings is 2. The van der Waals surface area contributed by atoms with Crippen LogP contribution in [-0.2, 0) is 13.3 Å². The summed E-state index contributed by atoms with van der Waals surface area (Å²) in [5.41, 5.74) is 1.39. The van der Waals surface area contributed by atoms with Gasteiger partial charge in [-0.2, -0.15) is 5.10 Å². The highest BCUT2D eigenvalue weighted by Gasteiger charge is 2.24. The number of ether oxygens (including phenoxy) is 1. The summed E-state index contributed by atoms with van der Waals surface area (Å²) in [6, 6.07) is 12.9. The molecule has 0 N–H and O–H groups in total. The van der Waals surface area contributed by atoms with Gasteiger partial charge >= 0.3 is 0 Å². The van der Waals surface area contributed by atoms with Gasteiger partial charge in [0, 0.05) is 49.0 Å². The van der Waals surface area contributed by atoms with E-state index in [9.17, 15) is 9.18 Å². The molecule has 2 heterocycles. The fourth-order valence-electron chi connectivity index (χ4n) is 3.38. The Bertz CT molecular complexity index is 1050. The summed E-state index contributed by atoms with van der Waals surface area (Å²) in [7, 11) is 0. The van der Waals surface area contributed by atoms with E-state index in [0.717, 1.165) is 18.7 Å². The van der Waals surface area contributed by atoms with Crippen molar-refractivity contribution < 1.29 is 13.9 Å². The van der Waals surface area contributed by atoms with E-state index in [1.54, 1.807) is 35.4 Å². The first kappa shape index (κ1) is 21.6. The van der Waals surface area contributed by atoms with Gasteiger partial charge < -0.3 is 9.64 Å². The van der Waals surface area contributed by atoms with Crippen LogP contribution in [0.3, 0.4) is 0 Å². The Morgan fingerprint density at radius 1 is 1.03 bits per heavy atom. The smallest absolute Gasteiger partial charge is 0.274 e. The molecule has 0 atom stereocenters. The Hall–Kier alpha value is -2.61. The first-order valence-electron chi connectivity index (χ1n) is 9.85. The number of aromatic nitrogens is 2. The SMILES string of the molecule is O=C(c1ccn(COc2ccc(F)cc2)n1)N1CCN(Cc2ccc(Cl)cc2Cl)CC1. The van der Waals surface area contributed by atoms with E-state index in [1.165, 1.54) is 16.8 Å². The quantitative estimate of drug-likeness (QED) is 0.547. The zero-order valence-electron chi connectivity index (χ0n) is 16.7. The second kappa shape index (κ2) is 9.68. The first-order chi connectivity index (χ1) is 15.0. The second-order valence-corrected chi connectivity index (χ2v) is 8.12. The minimum atomic E-state index is -0.323.